The maximum absolute atomic E-state index is 12.7. The van der Waals surface area contributed by atoms with Crippen LogP contribution in [0.15, 0.2) is 36.5 Å². The fourth-order valence-corrected chi connectivity index (χ4v) is 3.01. The first-order valence-electron chi connectivity index (χ1n) is 8.27. The molecular weight excluding hydrogens is 322 g/mol. The highest BCUT2D eigenvalue weighted by Crippen LogP contribution is 2.34. The molecule has 1 fully saturated rings. The molecule has 0 saturated carbocycles. The summed E-state index contributed by atoms with van der Waals surface area (Å²) in [5.74, 6) is -1.10. The SMILES string of the molecule is Cc1ccc([C@H]2OCCC[C@@H]2C(=O)Nc2ccn(CC(=O)O)n2)cc1. The zero-order chi connectivity index (χ0) is 17.8. The van der Waals surface area contributed by atoms with Crippen LogP contribution in [-0.2, 0) is 20.9 Å². The normalized spacial score (nSPS) is 20.2. The van der Waals surface area contributed by atoms with Crippen molar-refractivity contribution in [3.63, 3.8) is 0 Å². The van der Waals surface area contributed by atoms with Gasteiger partial charge < -0.3 is 15.2 Å². The number of aromatic nitrogens is 2. The first-order chi connectivity index (χ1) is 12.0. The van der Waals surface area contributed by atoms with Crippen LogP contribution in [0.4, 0.5) is 5.82 Å². The maximum Gasteiger partial charge on any atom is 0.325 e. The second-order valence-corrected chi connectivity index (χ2v) is 6.23. The highest BCUT2D eigenvalue weighted by molar-refractivity contribution is 5.92. The van der Waals surface area contributed by atoms with Gasteiger partial charge in [-0.25, -0.2) is 0 Å². The lowest BCUT2D eigenvalue weighted by atomic mass is 9.88. The van der Waals surface area contributed by atoms with E-state index in [0.29, 0.717) is 12.4 Å². The average Bonchev–Trinajstić information content (AvgIpc) is 3.01. The molecule has 0 spiro atoms. The van der Waals surface area contributed by atoms with Crippen molar-refractivity contribution in [2.45, 2.75) is 32.4 Å². The van der Waals surface area contributed by atoms with Crippen molar-refractivity contribution in [1.29, 1.82) is 0 Å². The molecule has 1 amide bonds. The molecule has 0 bridgehead atoms. The average molecular weight is 343 g/mol. The Labute approximate surface area is 145 Å². The van der Waals surface area contributed by atoms with Gasteiger partial charge in [0.1, 0.15) is 6.54 Å². The van der Waals surface area contributed by atoms with Crippen LogP contribution < -0.4 is 5.32 Å². The van der Waals surface area contributed by atoms with Gasteiger partial charge in [-0.1, -0.05) is 29.8 Å². The third kappa shape index (κ3) is 4.24. The van der Waals surface area contributed by atoms with Crippen molar-refractivity contribution in [2.24, 2.45) is 5.92 Å². The van der Waals surface area contributed by atoms with Gasteiger partial charge in [0, 0.05) is 18.9 Å². The molecule has 2 aromatic rings. The number of benzene rings is 1. The van der Waals surface area contributed by atoms with Gasteiger partial charge in [0.05, 0.1) is 12.0 Å². The highest BCUT2D eigenvalue weighted by atomic mass is 16.5. The predicted molar refractivity (Wildman–Crippen MR) is 91.1 cm³/mol. The lowest BCUT2D eigenvalue weighted by Gasteiger charge is -2.31. The molecule has 7 heteroatoms. The van der Waals surface area contributed by atoms with Crippen molar-refractivity contribution in [3.8, 4) is 0 Å². The molecule has 1 aliphatic heterocycles. The monoisotopic (exact) mass is 343 g/mol. The number of anilines is 1. The van der Waals surface area contributed by atoms with Gasteiger partial charge in [0.15, 0.2) is 5.82 Å². The third-order valence-electron chi connectivity index (χ3n) is 4.25. The summed E-state index contributed by atoms with van der Waals surface area (Å²) in [7, 11) is 0. The number of carboxylic acid groups (broad SMARTS) is 1. The molecule has 2 heterocycles. The van der Waals surface area contributed by atoms with E-state index in [2.05, 4.69) is 10.4 Å². The van der Waals surface area contributed by atoms with Crippen molar-refractivity contribution < 1.29 is 19.4 Å². The number of ether oxygens (including phenoxy) is 1. The number of nitrogens with one attached hydrogen (secondary N) is 1. The summed E-state index contributed by atoms with van der Waals surface area (Å²) < 4.78 is 7.14. The number of hydrogen-bond donors (Lipinski definition) is 2. The van der Waals surface area contributed by atoms with Gasteiger partial charge in [-0.3, -0.25) is 14.3 Å². The molecule has 0 radical (unpaired) electrons. The molecule has 0 aliphatic carbocycles. The molecular formula is C18H21N3O4. The number of carbonyl (C=O) groups is 2. The van der Waals surface area contributed by atoms with Gasteiger partial charge in [-0.2, -0.15) is 5.10 Å². The van der Waals surface area contributed by atoms with Crippen LogP contribution in [0.5, 0.6) is 0 Å². The van der Waals surface area contributed by atoms with Gasteiger partial charge in [-0.15, -0.1) is 0 Å². The molecule has 7 nitrogen and oxygen atoms in total. The Balaban J connectivity index is 1.71. The summed E-state index contributed by atoms with van der Waals surface area (Å²) in [6.07, 6.45) is 2.81. The van der Waals surface area contributed by atoms with Gasteiger partial charge in [-0.05, 0) is 25.3 Å². The Bertz CT molecular complexity index is 754. The number of aliphatic carboxylic acids is 1. The van der Waals surface area contributed by atoms with Gasteiger partial charge in [0.25, 0.3) is 0 Å². The molecule has 25 heavy (non-hydrogen) atoms. The summed E-state index contributed by atoms with van der Waals surface area (Å²) >= 11 is 0. The second kappa shape index (κ2) is 7.48. The first kappa shape index (κ1) is 17.2. The number of amides is 1. The third-order valence-corrected chi connectivity index (χ3v) is 4.25. The van der Waals surface area contributed by atoms with Crippen LogP contribution in [-0.4, -0.2) is 33.4 Å². The summed E-state index contributed by atoms with van der Waals surface area (Å²) in [5.41, 5.74) is 2.14. The topological polar surface area (TPSA) is 93.5 Å². The predicted octanol–water partition coefficient (Wildman–Crippen LogP) is 2.38. The number of aryl methyl sites for hydroxylation is 1. The van der Waals surface area contributed by atoms with Crippen molar-refractivity contribution >= 4 is 17.7 Å². The van der Waals surface area contributed by atoms with Crippen LogP contribution in [0.2, 0.25) is 0 Å². The van der Waals surface area contributed by atoms with E-state index in [0.717, 1.165) is 24.0 Å². The van der Waals surface area contributed by atoms with E-state index in [1.54, 1.807) is 6.07 Å². The van der Waals surface area contributed by atoms with Gasteiger partial charge >= 0.3 is 5.97 Å². The van der Waals surface area contributed by atoms with Crippen LogP contribution in [0.25, 0.3) is 0 Å². The number of rotatable bonds is 5. The highest BCUT2D eigenvalue weighted by Gasteiger charge is 2.33. The minimum absolute atomic E-state index is 0.161. The first-order valence-corrected chi connectivity index (χ1v) is 8.27. The van der Waals surface area contributed by atoms with E-state index < -0.39 is 5.97 Å². The van der Waals surface area contributed by atoms with Gasteiger partial charge in [0.2, 0.25) is 5.91 Å². The second-order valence-electron chi connectivity index (χ2n) is 6.23. The summed E-state index contributed by atoms with van der Waals surface area (Å²) in [6, 6.07) is 9.59. The minimum atomic E-state index is -0.985. The van der Waals surface area contributed by atoms with E-state index in [-0.39, 0.29) is 24.5 Å². The summed E-state index contributed by atoms with van der Waals surface area (Å²) in [4.78, 5) is 23.4. The molecule has 132 valence electrons. The van der Waals surface area contributed by atoms with Crippen LogP contribution in [0, 0.1) is 12.8 Å². The minimum Gasteiger partial charge on any atom is -0.480 e. The number of carbonyl (C=O) groups excluding carboxylic acids is 1. The Hall–Kier alpha value is -2.67. The molecule has 1 saturated heterocycles. The van der Waals surface area contributed by atoms with E-state index in [4.69, 9.17) is 9.84 Å². The van der Waals surface area contributed by atoms with Crippen molar-refractivity contribution in [3.05, 3.63) is 47.7 Å². The summed E-state index contributed by atoms with van der Waals surface area (Å²) in [5, 5.41) is 15.6. The molecule has 2 atom stereocenters. The van der Waals surface area contributed by atoms with Crippen LogP contribution in [0.1, 0.15) is 30.1 Å². The Morgan fingerprint density at radius 2 is 2.08 bits per heavy atom. The number of carboxylic acids is 1. The Kier molecular flexibility index (Phi) is 5.14. The quantitative estimate of drug-likeness (QED) is 0.869. The van der Waals surface area contributed by atoms with Crippen LogP contribution in [0.3, 0.4) is 0 Å². The zero-order valence-corrected chi connectivity index (χ0v) is 14.0. The lowest BCUT2D eigenvalue weighted by molar-refractivity contribution is -0.137. The Morgan fingerprint density at radius 1 is 1.32 bits per heavy atom. The Morgan fingerprint density at radius 3 is 2.80 bits per heavy atom. The maximum atomic E-state index is 12.7. The standard InChI is InChI=1S/C18H21N3O4/c1-12-4-6-13(7-5-12)17-14(3-2-10-25-17)18(24)19-15-8-9-21(20-15)11-16(22)23/h4-9,14,17H,2-3,10-11H2,1H3,(H,22,23)(H,19,20,24)/t14-,17+/m0/s1. The molecule has 1 aliphatic rings. The fraction of sp³-hybridized carbons (Fsp3) is 0.389. The van der Waals surface area contributed by atoms with Crippen molar-refractivity contribution in [2.75, 3.05) is 11.9 Å². The molecule has 3 rings (SSSR count). The van der Waals surface area contributed by atoms with E-state index >= 15 is 0 Å². The molecule has 1 aromatic heterocycles. The fourth-order valence-electron chi connectivity index (χ4n) is 3.01. The molecule has 1 aromatic carbocycles. The smallest absolute Gasteiger partial charge is 0.325 e. The van der Waals surface area contributed by atoms with E-state index in [1.807, 2.05) is 31.2 Å². The largest absolute Gasteiger partial charge is 0.480 e. The number of nitrogens with zero attached hydrogens (tertiary/aromatic N) is 2. The van der Waals surface area contributed by atoms with E-state index in [9.17, 15) is 9.59 Å². The number of hydrogen-bond acceptors (Lipinski definition) is 4. The van der Waals surface area contributed by atoms with Crippen molar-refractivity contribution in [1.82, 2.24) is 9.78 Å². The van der Waals surface area contributed by atoms with E-state index in [1.165, 1.54) is 10.9 Å². The lowest BCUT2D eigenvalue weighted by Crippen LogP contribution is -2.33. The van der Waals surface area contributed by atoms with Crippen LogP contribution >= 0.6 is 0 Å². The summed E-state index contributed by atoms with van der Waals surface area (Å²) in [6.45, 7) is 2.41. The molecule has 0 unspecified atom stereocenters. The zero-order valence-electron chi connectivity index (χ0n) is 14.0. The molecule has 2 N–H and O–H groups in total.